The standard InChI is InChI=1S/C15H16N2O2S/c18-13-10-16-12-5-2-1-4-11(12)14(13)15(19)17-6-3-8-20-9-7-17/h1-2,4-5,10,18H,3,6-9H2. The van der Waals surface area contributed by atoms with Gasteiger partial charge in [-0.15, -0.1) is 0 Å². The Bertz CT molecular complexity index is 637. The van der Waals surface area contributed by atoms with Crippen LogP contribution in [0.1, 0.15) is 16.8 Å². The number of amides is 1. The van der Waals surface area contributed by atoms with Crippen molar-refractivity contribution in [1.82, 2.24) is 9.88 Å². The molecule has 1 fully saturated rings. The van der Waals surface area contributed by atoms with E-state index in [1.165, 1.54) is 6.20 Å². The molecule has 3 rings (SSSR count). The van der Waals surface area contributed by atoms with Crippen LogP contribution in [0, 0.1) is 0 Å². The molecule has 1 amide bonds. The molecule has 20 heavy (non-hydrogen) atoms. The smallest absolute Gasteiger partial charge is 0.258 e. The van der Waals surface area contributed by atoms with Gasteiger partial charge in [-0.3, -0.25) is 9.78 Å². The summed E-state index contributed by atoms with van der Waals surface area (Å²) in [6.45, 7) is 1.49. The number of rotatable bonds is 1. The van der Waals surface area contributed by atoms with Crippen LogP contribution in [0.15, 0.2) is 30.5 Å². The normalized spacial score (nSPS) is 16.1. The zero-order chi connectivity index (χ0) is 13.9. The van der Waals surface area contributed by atoms with Gasteiger partial charge in [0, 0.05) is 24.2 Å². The summed E-state index contributed by atoms with van der Waals surface area (Å²) in [6.07, 6.45) is 2.36. The van der Waals surface area contributed by atoms with Gasteiger partial charge in [0.05, 0.1) is 17.3 Å². The van der Waals surface area contributed by atoms with Crippen LogP contribution < -0.4 is 0 Å². The third kappa shape index (κ3) is 2.45. The molecule has 1 aliphatic heterocycles. The fourth-order valence-electron chi connectivity index (χ4n) is 2.46. The summed E-state index contributed by atoms with van der Waals surface area (Å²) in [5.74, 6) is 1.91. The van der Waals surface area contributed by atoms with Crippen molar-refractivity contribution in [2.75, 3.05) is 24.6 Å². The van der Waals surface area contributed by atoms with Crippen LogP contribution in [0.25, 0.3) is 10.9 Å². The summed E-state index contributed by atoms with van der Waals surface area (Å²) < 4.78 is 0. The van der Waals surface area contributed by atoms with Gasteiger partial charge in [-0.05, 0) is 18.2 Å². The molecule has 1 aromatic heterocycles. The molecule has 2 heterocycles. The highest BCUT2D eigenvalue weighted by Crippen LogP contribution is 2.27. The number of carbonyl (C=O) groups is 1. The Morgan fingerprint density at radius 3 is 3.00 bits per heavy atom. The maximum atomic E-state index is 12.7. The molecule has 1 aromatic carbocycles. The van der Waals surface area contributed by atoms with E-state index in [2.05, 4.69) is 4.98 Å². The van der Waals surface area contributed by atoms with Crippen LogP contribution in [-0.2, 0) is 0 Å². The molecule has 1 saturated heterocycles. The van der Waals surface area contributed by atoms with E-state index in [1.807, 2.05) is 40.9 Å². The molecule has 0 saturated carbocycles. The molecular formula is C15H16N2O2S. The van der Waals surface area contributed by atoms with Crippen molar-refractivity contribution < 1.29 is 9.90 Å². The maximum absolute atomic E-state index is 12.7. The van der Waals surface area contributed by atoms with Crippen molar-refractivity contribution >= 4 is 28.6 Å². The number of hydrogen-bond acceptors (Lipinski definition) is 4. The van der Waals surface area contributed by atoms with Crippen molar-refractivity contribution in [3.63, 3.8) is 0 Å². The number of aromatic hydroxyl groups is 1. The number of pyridine rings is 1. The van der Waals surface area contributed by atoms with Crippen molar-refractivity contribution in [1.29, 1.82) is 0 Å². The number of hydrogen-bond donors (Lipinski definition) is 1. The Balaban J connectivity index is 2.04. The molecule has 0 aliphatic carbocycles. The number of nitrogens with zero attached hydrogens (tertiary/aromatic N) is 2. The predicted molar refractivity (Wildman–Crippen MR) is 81.3 cm³/mol. The maximum Gasteiger partial charge on any atom is 0.258 e. The van der Waals surface area contributed by atoms with Crippen LogP contribution in [0.3, 0.4) is 0 Å². The molecule has 0 radical (unpaired) electrons. The van der Waals surface area contributed by atoms with Crippen LogP contribution >= 0.6 is 11.8 Å². The van der Waals surface area contributed by atoms with Gasteiger partial charge in [0.25, 0.3) is 5.91 Å². The number of benzene rings is 1. The molecule has 0 unspecified atom stereocenters. The quantitative estimate of drug-likeness (QED) is 0.876. The minimum Gasteiger partial charge on any atom is -0.505 e. The first-order valence-corrected chi connectivity index (χ1v) is 7.86. The average molecular weight is 288 g/mol. The Morgan fingerprint density at radius 1 is 1.25 bits per heavy atom. The lowest BCUT2D eigenvalue weighted by Crippen LogP contribution is -2.33. The van der Waals surface area contributed by atoms with E-state index >= 15 is 0 Å². The summed E-state index contributed by atoms with van der Waals surface area (Å²) in [7, 11) is 0. The Morgan fingerprint density at radius 2 is 2.10 bits per heavy atom. The highest BCUT2D eigenvalue weighted by atomic mass is 32.2. The monoisotopic (exact) mass is 288 g/mol. The lowest BCUT2D eigenvalue weighted by Gasteiger charge is -2.21. The van der Waals surface area contributed by atoms with Crippen LogP contribution in [0.2, 0.25) is 0 Å². The van der Waals surface area contributed by atoms with E-state index in [1.54, 1.807) is 0 Å². The van der Waals surface area contributed by atoms with Crippen molar-refractivity contribution in [2.45, 2.75) is 6.42 Å². The molecule has 4 nitrogen and oxygen atoms in total. The first-order chi connectivity index (χ1) is 9.77. The highest BCUT2D eigenvalue weighted by Gasteiger charge is 2.22. The molecule has 104 valence electrons. The van der Waals surface area contributed by atoms with Crippen LogP contribution in [-0.4, -0.2) is 45.5 Å². The van der Waals surface area contributed by atoms with Gasteiger partial charge in [-0.1, -0.05) is 18.2 Å². The van der Waals surface area contributed by atoms with Crippen molar-refractivity contribution in [2.24, 2.45) is 0 Å². The van der Waals surface area contributed by atoms with E-state index in [-0.39, 0.29) is 11.7 Å². The zero-order valence-corrected chi connectivity index (χ0v) is 11.9. The summed E-state index contributed by atoms with van der Waals surface area (Å²) in [5.41, 5.74) is 1.11. The first kappa shape index (κ1) is 13.2. The lowest BCUT2D eigenvalue weighted by atomic mass is 10.1. The number of carbonyl (C=O) groups excluding carboxylic acids is 1. The third-order valence-corrected chi connectivity index (χ3v) is 4.53. The van der Waals surface area contributed by atoms with Crippen molar-refractivity contribution in [3.8, 4) is 5.75 Å². The second-order valence-corrected chi connectivity index (χ2v) is 6.02. The molecule has 2 aromatic rings. The summed E-state index contributed by atoms with van der Waals surface area (Å²) in [5, 5.41) is 10.8. The highest BCUT2D eigenvalue weighted by molar-refractivity contribution is 7.99. The second-order valence-electron chi connectivity index (χ2n) is 4.79. The SMILES string of the molecule is O=C(c1c(O)cnc2ccccc12)N1CCCSCC1. The first-order valence-electron chi connectivity index (χ1n) is 6.71. The molecular weight excluding hydrogens is 272 g/mol. The molecule has 0 spiro atoms. The Kier molecular flexibility index (Phi) is 3.78. The van der Waals surface area contributed by atoms with E-state index in [0.29, 0.717) is 5.56 Å². The molecule has 0 bridgehead atoms. The number of aromatic nitrogens is 1. The fraction of sp³-hybridized carbons (Fsp3) is 0.333. The van der Waals surface area contributed by atoms with Gasteiger partial charge < -0.3 is 10.0 Å². The summed E-state index contributed by atoms with van der Waals surface area (Å²) in [4.78, 5) is 18.7. The van der Waals surface area contributed by atoms with Gasteiger partial charge in [-0.25, -0.2) is 0 Å². The number of fused-ring (bicyclic) bond motifs is 1. The summed E-state index contributed by atoms with van der Waals surface area (Å²) in [6, 6.07) is 7.42. The van der Waals surface area contributed by atoms with Gasteiger partial charge >= 0.3 is 0 Å². The molecule has 1 aliphatic rings. The van der Waals surface area contributed by atoms with Crippen molar-refractivity contribution in [3.05, 3.63) is 36.0 Å². The van der Waals surface area contributed by atoms with E-state index in [4.69, 9.17) is 0 Å². The minimum absolute atomic E-state index is 0.0365. The minimum atomic E-state index is -0.0939. The Hall–Kier alpha value is -1.75. The number of para-hydroxylation sites is 1. The largest absolute Gasteiger partial charge is 0.505 e. The average Bonchev–Trinajstić information content (AvgIpc) is 2.75. The van der Waals surface area contributed by atoms with E-state index in [9.17, 15) is 9.90 Å². The van der Waals surface area contributed by atoms with E-state index in [0.717, 1.165) is 41.9 Å². The van der Waals surface area contributed by atoms with Gasteiger partial charge in [-0.2, -0.15) is 11.8 Å². The third-order valence-electron chi connectivity index (χ3n) is 3.48. The molecule has 1 N–H and O–H groups in total. The lowest BCUT2D eigenvalue weighted by molar-refractivity contribution is 0.0767. The molecule has 5 heteroatoms. The van der Waals surface area contributed by atoms with Gasteiger partial charge in [0.15, 0.2) is 0 Å². The van der Waals surface area contributed by atoms with Gasteiger partial charge in [0.1, 0.15) is 5.75 Å². The second kappa shape index (κ2) is 5.71. The van der Waals surface area contributed by atoms with Crippen LogP contribution in [0.4, 0.5) is 0 Å². The zero-order valence-electron chi connectivity index (χ0n) is 11.1. The topological polar surface area (TPSA) is 53.4 Å². The van der Waals surface area contributed by atoms with Gasteiger partial charge in [0.2, 0.25) is 0 Å². The fourth-order valence-corrected chi connectivity index (χ4v) is 3.35. The Labute approximate surface area is 121 Å². The number of thioether (sulfide) groups is 1. The molecule has 0 atom stereocenters. The van der Waals surface area contributed by atoms with E-state index < -0.39 is 0 Å². The predicted octanol–water partition coefficient (Wildman–Crippen LogP) is 2.52. The summed E-state index contributed by atoms with van der Waals surface area (Å²) >= 11 is 1.87. The van der Waals surface area contributed by atoms with Crippen LogP contribution in [0.5, 0.6) is 5.75 Å².